The second-order valence-electron chi connectivity index (χ2n) is 3.90. The summed E-state index contributed by atoms with van der Waals surface area (Å²) in [5.74, 6) is 1.24. The summed E-state index contributed by atoms with van der Waals surface area (Å²) in [7, 11) is -1.18. The van der Waals surface area contributed by atoms with Crippen LogP contribution in [0.4, 0.5) is 0 Å². The fourth-order valence-electron chi connectivity index (χ4n) is 1.56. The fourth-order valence-corrected chi connectivity index (χ4v) is 2.53. The number of rotatable bonds is 4. The Balaban J connectivity index is 2.11. The van der Waals surface area contributed by atoms with Gasteiger partial charge < -0.3 is 0 Å². The molecular formula is C12H15N3OS. The molecule has 5 heteroatoms. The third-order valence-corrected chi connectivity index (χ3v) is 3.62. The zero-order valence-corrected chi connectivity index (χ0v) is 10.8. The lowest BCUT2D eigenvalue weighted by atomic mass is 10.2. The van der Waals surface area contributed by atoms with Crippen LogP contribution < -0.4 is 0 Å². The first-order valence-electron chi connectivity index (χ1n) is 5.54. The van der Waals surface area contributed by atoms with Crippen molar-refractivity contribution in [2.75, 3.05) is 0 Å². The molecule has 1 N–H and O–H groups in total. The average Bonchev–Trinajstić information content (AvgIpc) is 2.77. The monoisotopic (exact) mass is 249 g/mol. The number of benzene rings is 1. The molecule has 0 aliphatic rings. The molecular weight excluding hydrogens is 234 g/mol. The SMILES string of the molecule is CCc1nc([S@@](=O)Cc2cccc(C)c2)n[nH]1. The number of aryl methyl sites for hydroxylation is 2. The number of hydrogen-bond acceptors (Lipinski definition) is 3. The molecule has 0 aliphatic heterocycles. The number of aromatic nitrogens is 3. The topological polar surface area (TPSA) is 58.6 Å². The van der Waals surface area contributed by atoms with Crippen LogP contribution in [0.2, 0.25) is 0 Å². The Bertz CT molecular complexity index is 536. The van der Waals surface area contributed by atoms with Crippen molar-refractivity contribution in [2.45, 2.75) is 31.2 Å². The van der Waals surface area contributed by atoms with Gasteiger partial charge in [0.1, 0.15) is 5.82 Å². The molecule has 90 valence electrons. The molecule has 0 amide bonds. The highest BCUT2D eigenvalue weighted by atomic mass is 32.2. The Morgan fingerprint density at radius 3 is 2.88 bits per heavy atom. The number of aromatic amines is 1. The molecule has 2 aromatic rings. The van der Waals surface area contributed by atoms with Crippen molar-refractivity contribution in [1.29, 1.82) is 0 Å². The van der Waals surface area contributed by atoms with Crippen molar-refractivity contribution in [1.82, 2.24) is 15.2 Å². The third kappa shape index (κ3) is 3.00. The van der Waals surface area contributed by atoms with E-state index in [1.165, 1.54) is 5.56 Å². The first-order valence-corrected chi connectivity index (χ1v) is 6.86. The van der Waals surface area contributed by atoms with Crippen molar-refractivity contribution in [2.24, 2.45) is 0 Å². The average molecular weight is 249 g/mol. The van der Waals surface area contributed by atoms with Gasteiger partial charge >= 0.3 is 0 Å². The Morgan fingerprint density at radius 1 is 1.41 bits per heavy atom. The van der Waals surface area contributed by atoms with Crippen molar-refractivity contribution in [3.8, 4) is 0 Å². The van der Waals surface area contributed by atoms with Crippen LogP contribution in [0.25, 0.3) is 0 Å². The molecule has 1 atom stereocenters. The van der Waals surface area contributed by atoms with Crippen molar-refractivity contribution in [3.63, 3.8) is 0 Å². The predicted octanol–water partition coefficient (Wildman–Crippen LogP) is 1.98. The van der Waals surface area contributed by atoms with Crippen molar-refractivity contribution >= 4 is 10.8 Å². The minimum atomic E-state index is -1.18. The summed E-state index contributed by atoms with van der Waals surface area (Å²) in [5, 5.41) is 7.14. The highest BCUT2D eigenvalue weighted by molar-refractivity contribution is 7.84. The highest BCUT2D eigenvalue weighted by Gasteiger charge is 2.10. The maximum absolute atomic E-state index is 12.0. The van der Waals surface area contributed by atoms with Crippen LogP contribution in [0, 0.1) is 6.92 Å². The number of hydrogen-bond donors (Lipinski definition) is 1. The van der Waals surface area contributed by atoms with Gasteiger partial charge in [0.15, 0.2) is 0 Å². The van der Waals surface area contributed by atoms with E-state index in [1.807, 2.05) is 38.1 Å². The van der Waals surface area contributed by atoms with Gasteiger partial charge in [0.25, 0.3) is 0 Å². The maximum atomic E-state index is 12.0. The summed E-state index contributed by atoms with van der Waals surface area (Å²) in [6.45, 7) is 4.00. The van der Waals surface area contributed by atoms with Crippen molar-refractivity contribution < 1.29 is 4.21 Å². The minimum Gasteiger partial charge on any atom is -0.262 e. The molecule has 0 spiro atoms. The summed E-state index contributed by atoms with van der Waals surface area (Å²) in [6.07, 6.45) is 0.772. The van der Waals surface area contributed by atoms with Crippen LogP contribution in [0.15, 0.2) is 29.4 Å². The quantitative estimate of drug-likeness (QED) is 0.901. The fraction of sp³-hybridized carbons (Fsp3) is 0.333. The summed E-state index contributed by atoms with van der Waals surface area (Å²) < 4.78 is 12.0. The Kier molecular flexibility index (Phi) is 3.68. The van der Waals surface area contributed by atoms with E-state index in [0.29, 0.717) is 10.9 Å². The molecule has 0 fully saturated rings. The van der Waals surface area contributed by atoms with E-state index >= 15 is 0 Å². The number of nitrogens with zero attached hydrogens (tertiary/aromatic N) is 2. The Labute approximate surface area is 103 Å². The summed E-state index contributed by atoms with van der Waals surface area (Å²) in [5.41, 5.74) is 2.22. The van der Waals surface area contributed by atoms with Crippen LogP contribution in [0.3, 0.4) is 0 Å². The van der Waals surface area contributed by atoms with E-state index < -0.39 is 10.8 Å². The molecule has 17 heavy (non-hydrogen) atoms. The predicted molar refractivity (Wildman–Crippen MR) is 67.1 cm³/mol. The molecule has 0 unspecified atom stereocenters. The van der Waals surface area contributed by atoms with Crippen LogP contribution in [0.5, 0.6) is 0 Å². The summed E-state index contributed by atoms with van der Waals surface area (Å²) in [4.78, 5) is 4.18. The van der Waals surface area contributed by atoms with Gasteiger partial charge in [-0.25, -0.2) is 4.98 Å². The number of nitrogens with one attached hydrogen (secondary N) is 1. The standard InChI is InChI=1S/C12H15N3OS/c1-3-11-13-12(15-14-11)17(16)8-10-6-4-5-9(2)7-10/h4-7H,3,8H2,1-2H3,(H,13,14,15)/t17-/m0/s1. The van der Waals surface area contributed by atoms with Crippen LogP contribution in [-0.2, 0) is 23.0 Å². The minimum absolute atomic E-state index is 0.392. The zero-order chi connectivity index (χ0) is 12.3. The highest BCUT2D eigenvalue weighted by Crippen LogP contribution is 2.10. The van der Waals surface area contributed by atoms with Gasteiger partial charge in [-0.1, -0.05) is 36.8 Å². The molecule has 1 aromatic heterocycles. The first-order chi connectivity index (χ1) is 8.19. The van der Waals surface area contributed by atoms with E-state index in [4.69, 9.17) is 0 Å². The van der Waals surface area contributed by atoms with Crippen LogP contribution in [0.1, 0.15) is 23.9 Å². The van der Waals surface area contributed by atoms with E-state index in [2.05, 4.69) is 15.2 Å². The van der Waals surface area contributed by atoms with Gasteiger partial charge in [-0.3, -0.25) is 9.31 Å². The molecule has 2 rings (SSSR count). The molecule has 0 radical (unpaired) electrons. The molecule has 1 aromatic carbocycles. The van der Waals surface area contributed by atoms with Gasteiger partial charge in [-0.05, 0) is 12.5 Å². The molecule has 0 saturated carbocycles. The molecule has 0 aliphatic carbocycles. The second kappa shape index (κ2) is 5.23. The lowest BCUT2D eigenvalue weighted by Gasteiger charge is -2.00. The first kappa shape index (κ1) is 12.0. The van der Waals surface area contributed by atoms with Crippen molar-refractivity contribution in [3.05, 3.63) is 41.2 Å². The van der Waals surface area contributed by atoms with Gasteiger partial charge in [-0.15, -0.1) is 5.10 Å². The lowest BCUT2D eigenvalue weighted by Crippen LogP contribution is -1.99. The Hall–Kier alpha value is -1.49. The molecule has 0 bridgehead atoms. The van der Waals surface area contributed by atoms with Gasteiger partial charge in [0.05, 0.1) is 16.6 Å². The normalized spacial score (nSPS) is 12.6. The van der Waals surface area contributed by atoms with E-state index in [1.54, 1.807) is 0 Å². The zero-order valence-electron chi connectivity index (χ0n) is 9.93. The third-order valence-electron chi connectivity index (χ3n) is 2.43. The molecule has 0 saturated heterocycles. The van der Waals surface area contributed by atoms with E-state index in [-0.39, 0.29) is 0 Å². The smallest absolute Gasteiger partial charge is 0.239 e. The molecule has 1 heterocycles. The Morgan fingerprint density at radius 2 is 2.24 bits per heavy atom. The van der Waals surface area contributed by atoms with Crippen LogP contribution >= 0.6 is 0 Å². The summed E-state index contributed by atoms with van der Waals surface area (Å²) >= 11 is 0. The number of H-pyrrole nitrogens is 1. The van der Waals surface area contributed by atoms with Crippen LogP contribution in [-0.4, -0.2) is 19.4 Å². The molecule has 4 nitrogen and oxygen atoms in total. The second-order valence-corrected chi connectivity index (χ2v) is 5.24. The van der Waals surface area contributed by atoms with Gasteiger partial charge in [-0.2, -0.15) is 0 Å². The van der Waals surface area contributed by atoms with E-state index in [9.17, 15) is 4.21 Å². The van der Waals surface area contributed by atoms with E-state index in [0.717, 1.165) is 17.8 Å². The van der Waals surface area contributed by atoms with Gasteiger partial charge in [0.2, 0.25) is 5.16 Å². The maximum Gasteiger partial charge on any atom is 0.239 e. The largest absolute Gasteiger partial charge is 0.262 e. The lowest BCUT2D eigenvalue weighted by molar-refractivity contribution is 0.675. The van der Waals surface area contributed by atoms with Gasteiger partial charge in [0, 0.05) is 6.42 Å². The summed E-state index contributed by atoms with van der Waals surface area (Å²) in [6, 6.07) is 8.00.